The van der Waals surface area contributed by atoms with Gasteiger partial charge in [0.15, 0.2) is 6.10 Å². The minimum atomic E-state index is -1.13. The number of nitrogens with zero attached hydrogens (tertiary/aromatic N) is 1. The average Bonchev–Trinajstić information content (AvgIpc) is 3.22. The van der Waals surface area contributed by atoms with Gasteiger partial charge >= 0.3 is 11.9 Å². The Morgan fingerprint density at radius 3 is 1.41 bits per heavy atom. The van der Waals surface area contributed by atoms with Crippen molar-refractivity contribution in [1.82, 2.24) is 0 Å². The number of quaternary nitrogens is 1. The second-order valence-electron chi connectivity index (χ2n) is 17.8. The molecule has 0 aliphatic rings. The first kappa shape index (κ1) is 58.0. The maximum absolute atomic E-state index is 12.8. The summed E-state index contributed by atoms with van der Waals surface area (Å²) in [5, 5.41) is 11.6. The normalized spacial score (nSPS) is 13.4. The van der Waals surface area contributed by atoms with Crippen molar-refractivity contribution in [2.24, 2.45) is 0 Å². The van der Waals surface area contributed by atoms with Crippen molar-refractivity contribution < 1.29 is 38.2 Å². The number of carboxylic acids is 1. The van der Waals surface area contributed by atoms with Gasteiger partial charge in [0.25, 0.3) is 0 Å². The molecule has 352 valence electrons. The van der Waals surface area contributed by atoms with Crippen LogP contribution in [0.2, 0.25) is 0 Å². The first-order valence-corrected chi connectivity index (χ1v) is 24.9. The van der Waals surface area contributed by atoms with Crippen molar-refractivity contribution >= 4 is 17.9 Å². The zero-order chi connectivity index (χ0) is 44.9. The van der Waals surface area contributed by atoms with E-state index in [-0.39, 0.29) is 42.7 Å². The largest absolute Gasteiger partial charge is 0.544 e. The number of allylic oxidation sites excluding steroid dienone is 10. The first-order valence-electron chi connectivity index (χ1n) is 24.9. The zero-order valence-corrected chi connectivity index (χ0v) is 40.1. The van der Waals surface area contributed by atoms with Crippen LogP contribution in [0.25, 0.3) is 0 Å². The molecule has 0 saturated heterocycles. The summed E-state index contributed by atoms with van der Waals surface area (Å²) in [5.41, 5.74) is 0. The van der Waals surface area contributed by atoms with Gasteiger partial charge in [-0.25, -0.2) is 0 Å². The molecule has 0 aromatic carbocycles. The lowest BCUT2D eigenvalue weighted by Gasteiger charge is -2.34. The van der Waals surface area contributed by atoms with Gasteiger partial charge in [-0.15, -0.1) is 0 Å². The molecule has 0 bridgehead atoms. The lowest BCUT2D eigenvalue weighted by molar-refractivity contribution is -0.889. The van der Waals surface area contributed by atoms with Gasteiger partial charge in [0.1, 0.15) is 12.6 Å². The minimum Gasteiger partial charge on any atom is -0.544 e. The quantitative estimate of drug-likeness (QED) is 0.0198. The summed E-state index contributed by atoms with van der Waals surface area (Å²) in [7, 11) is 5.40. The fraction of sp³-hybridized carbons (Fsp3) is 0.755. The van der Waals surface area contributed by atoms with Crippen LogP contribution in [0.3, 0.4) is 0 Å². The number of esters is 2. The molecule has 0 spiro atoms. The Kier molecular flexibility index (Phi) is 41.5. The molecule has 2 atom stereocenters. The van der Waals surface area contributed by atoms with Gasteiger partial charge in [0.05, 0.1) is 40.3 Å². The van der Waals surface area contributed by atoms with Crippen LogP contribution in [0.1, 0.15) is 206 Å². The molecule has 8 nitrogen and oxygen atoms in total. The van der Waals surface area contributed by atoms with Gasteiger partial charge in [-0.05, 0) is 57.8 Å². The lowest BCUT2D eigenvalue weighted by Crippen LogP contribution is -2.55. The molecule has 0 amide bonds. The molecular weight excluding hydrogens is 763 g/mol. The molecule has 61 heavy (non-hydrogen) atoms. The molecule has 8 heteroatoms. The molecule has 0 aliphatic heterocycles. The Morgan fingerprint density at radius 2 is 0.934 bits per heavy atom. The summed E-state index contributed by atoms with van der Waals surface area (Å²) in [5.74, 6) is -1.77. The second-order valence-corrected chi connectivity index (χ2v) is 17.8. The van der Waals surface area contributed by atoms with Gasteiger partial charge < -0.3 is 28.6 Å². The van der Waals surface area contributed by atoms with Gasteiger partial charge in [-0.1, -0.05) is 190 Å². The molecule has 0 aliphatic carbocycles. The van der Waals surface area contributed by atoms with E-state index in [1.807, 2.05) is 24.3 Å². The SMILES string of the molecule is CC/C=C/C=C/C=C/C=C/CCCCCCCC(=O)OCC(COCCC(C(=O)[O-])[N+](C)(C)C)OC(=O)CCCCCCCCC/C=C/CCCCCCCCCCCCC. The van der Waals surface area contributed by atoms with E-state index in [2.05, 4.69) is 50.3 Å². The Morgan fingerprint density at radius 1 is 0.508 bits per heavy atom. The molecule has 0 aromatic heterocycles. The van der Waals surface area contributed by atoms with E-state index in [1.165, 1.54) is 109 Å². The Hall–Kier alpha value is -2.97. The van der Waals surface area contributed by atoms with Crippen molar-refractivity contribution in [3.63, 3.8) is 0 Å². The van der Waals surface area contributed by atoms with Crippen LogP contribution in [-0.4, -0.2) is 75.5 Å². The Balaban J connectivity index is 4.28. The van der Waals surface area contributed by atoms with Crippen LogP contribution >= 0.6 is 0 Å². The molecule has 0 saturated carbocycles. The van der Waals surface area contributed by atoms with Crippen molar-refractivity contribution in [2.45, 2.75) is 219 Å². The number of hydrogen-bond acceptors (Lipinski definition) is 7. The van der Waals surface area contributed by atoms with Crippen molar-refractivity contribution in [3.05, 3.63) is 60.8 Å². The van der Waals surface area contributed by atoms with E-state index in [1.54, 1.807) is 21.1 Å². The summed E-state index contributed by atoms with van der Waals surface area (Å²) in [6.45, 7) is 4.51. The highest BCUT2D eigenvalue weighted by atomic mass is 16.6. The van der Waals surface area contributed by atoms with Crippen LogP contribution in [0, 0.1) is 0 Å². The summed E-state index contributed by atoms with van der Waals surface area (Å²) < 4.78 is 17.2. The van der Waals surface area contributed by atoms with E-state index in [0.29, 0.717) is 12.8 Å². The highest BCUT2D eigenvalue weighted by molar-refractivity contribution is 5.70. The summed E-state index contributed by atoms with van der Waals surface area (Å²) >= 11 is 0. The number of carbonyl (C=O) groups excluding carboxylic acids is 3. The molecule has 0 aromatic rings. The second kappa shape index (κ2) is 43.7. The third kappa shape index (κ3) is 42.1. The van der Waals surface area contributed by atoms with E-state index >= 15 is 0 Å². The number of unbranched alkanes of at least 4 members (excludes halogenated alkanes) is 23. The number of carboxylic acid groups (broad SMARTS) is 1. The van der Waals surface area contributed by atoms with E-state index in [4.69, 9.17) is 14.2 Å². The smallest absolute Gasteiger partial charge is 0.306 e. The van der Waals surface area contributed by atoms with E-state index in [0.717, 1.165) is 64.2 Å². The van der Waals surface area contributed by atoms with Crippen LogP contribution in [0.4, 0.5) is 0 Å². The fourth-order valence-corrected chi connectivity index (χ4v) is 7.14. The van der Waals surface area contributed by atoms with Crippen LogP contribution in [0.15, 0.2) is 60.8 Å². The fourth-order valence-electron chi connectivity index (χ4n) is 7.14. The number of aliphatic carboxylic acids is 1. The number of likely N-dealkylation sites (N-methyl/N-ethyl adjacent to an activating group) is 1. The molecule has 0 fully saturated rings. The number of carbonyl (C=O) groups is 3. The summed E-state index contributed by atoms with van der Waals surface area (Å²) in [4.78, 5) is 37.0. The summed E-state index contributed by atoms with van der Waals surface area (Å²) in [6.07, 6.45) is 54.0. The standard InChI is InChI=1S/C53H93NO7/c1-6-8-10-12-14-16-18-20-22-23-24-25-26-27-28-30-32-34-36-38-40-42-44-52(56)61-49(47-59-46-45-50(53(57)58)54(3,4)5)48-60-51(55)43-41-39-37-35-33-31-29-21-19-17-15-13-11-9-7-2/h9,11,13,15,17,19,21,26-27,29,49-50H,6-8,10,12,14,16,18,20,22-25,28,30-48H2,1-5H3/b11-9+,15-13+,19-17+,27-26+,29-21+. The highest BCUT2D eigenvalue weighted by Crippen LogP contribution is 2.15. The van der Waals surface area contributed by atoms with Crippen LogP contribution < -0.4 is 5.11 Å². The first-order chi connectivity index (χ1) is 29.6. The van der Waals surface area contributed by atoms with Crippen LogP contribution in [-0.2, 0) is 28.6 Å². The highest BCUT2D eigenvalue weighted by Gasteiger charge is 2.25. The minimum absolute atomic E-state index is 0.0295. The van der Waals surface area contributed by atoms with E-state index in [9.17, 15) is 19.5 Å². The zero-order valence-electron chi connectivity index (χ0n) is 40.1. The topological polar surface area (TPSA) is 102 Å². The monoisotopic (exact) mass is 856 g/mol. The van der Waals surface area contributed by atoms with Gasteiger partial charge in [0, 0.05) is 19.3 Å². The summed E-state index contributed by atoms with van der Waals surface area (Å²) in [6, 6.07) is -0.733. The van der Waals surface area contributed by atoms with Crippen LogP contribution in [0.5, 0.6) is 0 Å². The molecule has 2 unspecified atom stereocenters. The predicted octanol–water partition coefficient (Wildman–Crippen LogP) is 12.8. The van der Waals surface area contributed by atoms with Gasteiger partial charge in [0.2, 0.25) is 0 Å². The Labute approximate surface area is 375 Å². The number of hydrogen-bond donors (Lipinski definition) is 0. The Bertz CT molecular complexity index is 1180. The number of ether oxygens (including phenoxy) is 3. The van der Waals surface area contributed by atoms with E-state index < -0.39 is 18.1 Å². The van der Waals surface area contributed by atoms with Crippen molar-refractivity contribution in [3.8, 4) is 0 Å². The maximum Gasteiger partial charge on any atom is 0.306 e. The van der Waals surface area contributed by atoms with Gasteiger partial charge in [-0.2, -0.15) is 0 Å². The van der Waals surface area contributed by atoms with Gasteiger partial charge in [-0.3, -0.25) is 9.59 Å². The molecular formula is C53H93NO7. The number of rotatable bonds is 44. The maximum atomic E-state index is 12.8. The molecule has 0 rings (SSSR count). The average molecular weight is 856 g/mol. The molecule has 0 heterocycles. The van der Waals surface area contributed by atoms with Crippen molar-refractivity contribution in [2.75, 3.05) is 41.0 Å². The van der Waals surface area contributed by atoms with Crippen molar-refractivity contribution in [1.29, 1.82) is 0 Å². The third-order valence-corrected chi connectivity index (χ3v) is 11.0. The molecule has 0 N–H and O–H groups in total. The third-order valence-electron chi connectivity index (χ3n) is 11.0. The lowest BCUT2D eigenvalue weighted by atomic mass is 10.0. The predicted molar refractivity (Wildman–Crippen MR) is 254 cm³/mol. The molecule has 0 radical (unpaired) electrons.